The number of benzene rings is 1. The lowest BCUT2D eigenvalue weighted by Gasteiger charge is -2.41. The number of carboxylic acid groups (broad SMARTS) is 1. The van der Waals surface area contributed by atoms with Crippen molar-refractivity contribution in [2.45, 2.75) is 51.1 Å². The van der Waals surface area contributed by atoms with E-state index in [2.05, 4.69) is 5.32 Å². The number of carbonyl (C=O) groups excluding carboxylic acids is 2. The first-order valence-electron chi connectivity index (χ1n) is 8.22. The molecule has 1 aliphatic rings. The van der Waals surface area contributed by atoms with Crippen LogP contribution in [0.4, 0.5) is 0 Å². The van der Waals surface area contributed by atoms with Crippen molar-refractivity contribution in [1.82, 2.24) is 10.2 Å². The second-order valence-electron chi connectivity index (χ2n) is 6.37. The molecule has 0 radical (unpaired) electrons. The molecule has 0 aliphatic heterocycles. The third-order valence-electron chi connectivity index (χ3n) is 4.77. The third kappa shape index (κ3) is 3.75. The maximum absolute atomic E-state index is 12.7. The predicted octanol–water partition coefficient (Wildman–Crippen LogP) is 2.18. The standard InChI is InChI=1S/C18H24N2O4/c1-13(21)19-12-14-6-8-15(9-7-14)16(22)20(2)18(17(23)24)10-4-3-5-11-18/h6-9H,3-5,10-12H2,1-2H3,(H,19,21)(H,23,24). The van der Waals surface area contributed by atoms with Gasteiger partial charge >= 0.3 is 5.97 Å². The molecule has 1 fully saturated rings. The highest BCUT2D eigenvalue weighted by atomic mass is 16.4. The summed E-state index contributed by atoms with van der Waals surface area (Å²) >= 11 is 0. The fraction of sp³-hybridized carbons (Fsp3) is 0.500. The van der Waals surface area contributed by atoms with E-state index in [9.17, 15) is 19.5 Å². The topological polar surface area (TPSA) is 86.7 Å². The van der Waals surface area contributed by atoms with Crippen LogP contribution >= 0.6 is 0 Å². The zero-order valence-corrected chi connectivity index (χ0v) is 14.2. The van der Waals surface area contributed by atoms with Gasteiger partial charge in [-0.2, -0.15) is 0 Å². The number of carbonyl (C=O) groups is 3. The van der Waals surface area contributed by atoms with Gasteiger partial charge in [0.1, 0.15) is 5.54 Å². The van der Waals surface area contributed by atoms with Crippen molar-refractivity contribution in [3.63, 3.8) is 0 Å². The van der Waals surface area contributed by atoms with Crippen molar-refractivity contribution in [1.29, 1.82) is 0 Å². The Balaban J connectivity index is 2.14. The van der Waals surface area contributed by atoms with E-state index >= 15 is 0 Å². The lowest BCUT2D eigenvalue weighted by molar-refractivity contribution is -0.151. The van der Waals surface area contributed by atoms with Gasteiger partial charge in [0, 0.05) is 26.1 Å². The van der Waals surface area contributed by atoms with Crippen LogP contribution < -0.4 is 5.32 Å². The fourth-order valence-electron chi connectivity index (χ4n) is 3.21. The van der Waals surface area contributed by atoms with E-state index < -0.39 is 11.5 Å². The Morgan fingerprint density at radius 3 is 2.21 bits per heavy atom. The molecule has 1 aliphatic carbocycles. The second-order valence-corrected chi connectivity index (χ2v) is 6.37. The van der Waals surface area contributed by atoms with Crippen molar-refractivity contribution in [2.75, 3.05) is 7.05 Å². The minimum absolute atomic E-state index is 0.115. The van der Waals surface area contributed by atoms with Gasteiger partial charge in [-0.1, -0.05) is 31.4 Å². The Morgan fingerprint density at radius 1 is 1.12 bits per heavy atom. The molecule has 130 valence electrons. The number of nitrogens with one attached hydrogen (secondary N) is 1. The Bertz CT molecular complexity index is 618. The van der Waals surface area contributed by atoms with Gasteiger partial charge in [-0.3, -0.25) is 9.59 Å². The van der Waals surface area contributed by atoms with Crippen molar-refractivity contribution in [2.24, 2.45) is 0 Å². The van der Waals surface area contributed by atoms with E-state index in [4.69, 9.17) is 0 Å². The SMILES string of the molecule is CC(=O)NCc1ccc(C(=O)N(C)C2(C(=O)O)CCCCC2)cc1. The average Bonchev–Trinajstić information content (AvgIpc) is 2.59. The molecule has 0 atom stereocenters. The van der Waals surface area contributed by atoms with E-state index in [1.807, 2.05) is 0 Å². The van der Waals surface area contributed by atoms with Gasteiger partial charge in [-0.25, -0.2) is 4.79 Å². The van der Waals surface area contributed by atoms with Crippen molar-refractivity contribution < 1.29 is 19.5 Å². The largest absolute Gasteiger partial charge is 0.479 e. The van der Waals surface area contributed by atoms with Gasteiger partial charge in [0.15, 0.2) is 0 Å². The van der Waals surface area contributed by atoms with Crippen LogP contribution in [0.15, 0.2) is 24.3 Å². The highest BCUT2D eigenvalue weighted by molar-refractivity contribution is 5.97. The van der Waals surface area contributed by atoms with Gasteiger partial charge in [-0.05, 0) is 30.5 Å². The summed E-state index contributed by atoms with van der Waals surface area (Å²) in [6.07, 6.45) is 3.63. The van der Waals surface area contributed by atoms with Crippen LogP contribution in [0.1, 0.15) is 54.9 Å². The number of carboxylic acids is 1. The number of likely N-dealkylation sites (N-methyl/N-ethyl adjacent to an activating group) is 1. The molecule has 0 heterocycles. The third-order valence-corrected chi connectivity index (χ3v) is 4.77. The summed E-state index contributed by atoms with van der Waals surface area (Å²) in [5, 5.41) is 12.4. The highest BCUT2D eigenvalue weighted by Gasteiger charge is 2.45. The molecule has 2 amide bonds. The molecule has 0 saturated heterocycles. The summed E-state index contributed by atoms with van der Waals surface area (Å²) in [5.74, 6) is -1.33. The summed E-state index contributed by atoms with van der Waals surface area (Å²) in [6.45, 7) is 1.85. The summed E-state index contributed by atoms with van der Waals surface area (Å²) < 4.78 is 0. The smallest absolute Gasteiger partial charge is 0.329 e. The Morgan fingerprint density at radius 2 is 1.71 bits per heavy atom. The molecule has 1 saturated carbocycles. The molecule has 0 unspecified atom stereocenters. The molecule has 24 heavy (non-hydrogen) atoms. The van der Waals surface area contributed by atoms with Crippen molar-refractivity contribution in [3.8, 4) is 0 Å². The quantitative estimate of drug-likeness (QED) is 0.865. The van der Waals surface area contributed by atoms with Crippen LogP contribution in [-0.2, 0) is 16.1 Å². The molecular formula is C18H24N2O4. The molecule has 2 rings (SSSR count). The number of aliphatic carboxylic acids is 1. The molecule has 1 aromatic rings. The Kier molecular flexibility index (Phi) is 5.59. The lowest BCUT2D eigenvalue weighted by atomic mass is 9.80. The number of hydrogen-bond acceptors (Lipinski definition) is 3. The Hall–Kier alpha value is -2.37. The van der Waals surface area contributed by atoms with Crippen LogP contribution in [0.2, 0.25) is 0 Å². The molecular weight excluding hydrogens is 308 g/mol. The monoisotopic (exact) mass is 332 g/mol. The van der Waals surface area contributed by atoms with E-state index in [-0.39, 0.29) is 11.8 Å². The van der Waals surface area contributed by atoms with Crippen LogP contribution in [0.5, 0.6) is 0 Å². The van der Waals surface area contributed by atoms with Crippen LogP contribution in [0, 0.1) is 0 Å². The molecule has 1 aromatic carbocycles. The first-order valence-corrected chi connectivity index (χ1v) is 8.22. The predicted molar refractivity (Wildman–Crippen MR) is 89.5 cm³/mol. The van der Waals surface area contributed by atoms with Gasteiger partial charge < -0.3 is 15.3 Å². The number of amides is 2. The lowest BCUT2D eigenvalue weighted by Crippen LogP contribution is -2.56. The maximum Gasteiger partial charge on any atom is 0.329 e. The normalized spacial score (nSPS) is 16.2. The molecule has 2 N–H and O–H groups in total. The summed E-state index contributed by atoms with van der Waals surface area (Å²) in [6, 6.07) is 6.89. The summed E-state index contributed by atoms with van der Waals surface area (Å²) in [7, 11) is 1.58. The van der Waals surface area contributed by atoms with Crippen molar-refractivity contribution >= 4 is 17.8 Å². The minimum Gasteiger partial charge on any atom is -0.479 e. The van der Waals surface area contributed by atoms with Gasteiger partial charge in [0.25, 0.3) is 5.91 Å². The molecule has 0 spiro atoms. The minimum atomic E-state index is -1.11. The van der Waals surface area contributed by atoms with Gasteiger partial charge in [0.2, 0.25) is 5.91 Å². The first-order chi connectivity index (χ1) is 11.4. The molecule has 0 bridgehead atoms. The van der Waals surface area contributed by atoms with E-state index in [1.165, 1.54) is 11.8 Å². The zero-order chi connectivity index (χ0) is 17.7. The van der Waals surface area contributed by atoms with Crippen LogP contribution in [-0.4, -0.2) is 40.4 Å². The highest BCUT2D eigenvalue weighted by Crippen LogP contribution is 2.34. The maximum atomic E-state index is 12.7. The number of nitrogens with zero attached hydrogens (tertiary/aromatic N) is 1. The van der Waals surface area contributed by atoms with Crippen LogP contribution in [0.25, 0.3) is 0 Å². The molecule has 0 aromatic heterocycles. The Labute approximate surface area is 141 Å². The zero-order valence-electron chi connectivity index (χ0n) is 14.2. The second kappa shape index (κ2) is 7.47. The van der Waals surface area contributed by atoms with Gasteiger partial charge in [-0.15, -0.1) is 0 Å². The van der Waals surface area contributed by atoms with Gasteiger partial charge in [0.05, 0.1) is 0 Å². The van der Waals surface area contributed by atoms with Crippen LogP contribution in [0.3, 0.4) is 0 Å². The van der Waals surface area contributed by atoms with E-state index in [1.54, 1.807) is 31.3 Å². The van der Waals surface area contributed by atoms with Crippen molar-refractivity contribution in [3.05, 3.63) is 35.4 Å². The first kappa shape index (κ1) is 18.0. The average molecular weight is 332 g/mol. The van der Waals surface area contributed by atoms with E-state index in [0.717, 1.165) is 24.8 Å². The number of rotatable bonds is 5. The fourth-order valence-corrected chi connectivity index (χ4v) is 3.21. The summed E-state index contributed by atoms with van der Waals surface area (Å²) in [5.41, 5.74) is 0.231. The molecule has 6 nitrogen and oxygen atoms in total. The number of hydrogen-bond donors (Lipinski definition) is 2. The van der Waals surface area contributed by atoms with E-state index in [0.29, 0.717) is 24.9 Å². The summed E-state index contributed by atoms with van der Waals surface area (Å²) in [4.78, 5) is 36.9. The molecule has 6 heteroatoms.